The monoisotopic (exact) mass is 688 g/mol. The van der Waals surface area contributed by atoms with Crippen LogP contribution in [0.25, 0.3) is 39.8 Å². The van der Waals surface area contributed by atoms with Crippen molar-refractivity contribution in [2.75, 3.05) is 0 Å². The molecule has 1 radical (unpaired) electrons. The maximum atomic E-state index is 5.01. The van der Waals surface area contributed by atoms with E-state index >= 15 is 0 Å². The van der Waals surface area contributed by atoms with Gasteiger partial charge in [-0.05, 0) is 68.5 Å². The third kappa shape index (κ3) is 5.29. The van der Waals surface area contributed by atoms with Crippen LogP contribution in [-0.2, 0) is 25.6 Å². The molecule has 2 aliphatic rings. The topological polar surface area (TPSA) is 30.7 Å². The van der Waals surface area contributed by atoms with E-state index in [1.54, 1.807) is 5.57 Å². The summed E-state index contributed by atoms with van der Waals surface area (Å²) in [6.07, 6.45) is 7.82. The zero-order chi connectivity index (χ0) is 26.1. The van der Waals surface area contributed by atoms with Crippen LogP contribution in [0.1, 0.15) is 50.8 Å². The number of para-hydroxylation sites is 1. The summed E-state index contributed by atoms with van der Waals surface area (Å²) in [7, 11) is 0. The van der Waals surface area contributed by atoms with Crippen LogP contribution in [0.2, 0.25) is 0 Å². The number of allylic oxidation sites excluding steroid dienone is 1. The first-order chi connectivity index (χ1) is 18.5. The van der Waals surface area contributed by atoms with Gasteiger partial charge in [-0.3, -0.25) is 4.98 Å². The van der Waals surface area contributed by atoms with Gasteiger partial charge < -0.3 is 9.55 Å². The summed E-state index contributed by atoms with van der Waals surface area (Å²) in [5.74, 6) is 1.74. The van der Waals surface area contributed by atoms with Crippen LogP contribution in [0.5, 0.6) is 0 Å². The van der Waals surface area contributed by atoms with E-state index in [9.17, 15) is 0 Å². The van der Waals surface area contributed by atoms with Crippen molar-refractivity contribution >= 4 is 17.1 Å². The first-order valence-corrected chi connectivity index (χ1v) is 13.6. The Morgan fingerprint density at radius 3 is 2.15 bits per heavy atom. The molecular formula is C35H33IrN3-2. The molecule has 199 valence electrons. The normalized spacial score (nSPS) is 15.7. The van der Waals surface area contributed by atoms with E-state index in [2.05, 4.69) is 71.9 Å². The van der Waals surface area contributed by atoms with Crippen LogP contribution in [0.15, 0.2) is 90.5 Å². The van der Waals surface area contributed by atoms with Gasteiger partial charge in [-0.2, -0.15) is 0 Å². The van der Waals surface area contributed by atoms with E-state index in [0.29, 0.717) is 5.92 Å². The molecule has 1 saturated carbocycles. The van der Waals surface area contributed by atoms with Gasteiger partial charge in [0.05, 0.1) is 22.4 Å². The zero-order valence-corrected chi connectivity index (χ0v) is 25.1. The number of benzene rings is 3. The van der Waals surface area contributed by atoms with Crippen LogP contribution < -0.4 is 0 Å². The smallest absolute Gasteiger partial charge is 0.0777 e. The predicted molar refractivity (Wildman–Crippen MR) is 157 cm³/mol. The van der Waals surface area contributed by atoms with Crippen LogP contribution in [-0.4, -0.2) is 14.5 Å². The third-order valence-electron chi connectivity index (χ3n) is 7.90. The standard InChI is InChI=1S/C23H23N2.C12H10N.Ir/c1-23(2)19(16-9-6-7-10-16)15-18-13-8-14-20-21(18)25(23)22(24-20)17-11-4-3-5-12-17;1-10-6-5-9-12(13-10)11-7-3-2-4-8-11;/h3-5,8,11,13-16H,6-7,9-10H2,1-2H3;2-7,9H,1H3;/q2*-1;. The third-order valence-corrected chi connectivity index (χ3v) is 7.90. The number of hydrogen-bond donors (Lipinski definition) is 0. The SMILES string of the molecule is CC1(C)C(C2CCCC2)=Cc2cccc3nc(-c4[c-]cccc4)n1c23.Cc1cccc(-c2[c-]cccc2)n1.[Ir]. The summed E-state index contributed by atoms with van der Waals surface area (Å²) in [5, 5.41) is 0. The van der Waals surface area contributed by atoms with E-state index in [4.69, 9.17) is 4.98 Å². The van der Waals surface area contributed by atoms with E-state index < -0.39 is 0 Å². The minimum Gasteiger partial charge on any atom is -0.355 e. The van der Waals surface area contributed by atoms with Gasteiger partial charge >= 0.3 is 0 Å². The second-order valence-corrected chi connectivity index (χ2v) is 10.8. The number of rotatable bonds is 3. The van der Waals surface area contributed by atoms with Crippen LogP contribution in [0.3, 0.4) is 0 Å². The Labute approximate surface area is 245 Å². The summed E-state index contributed by atoms with van der Waals surface area (Å²) >= 11 is 0. The molecule has 1 fully saturated rings. The number of imidazole rings is 1. The maximum Gasteiger partial charge on any atom is 0.0777 e. The largest absolute Gasteiger partial charge is 0.355 e. The van der Waals surface area contributed by atoms with Crippen molar-refractivity contribution in [3.63, 3.8) is 0 Å². The molecule has 3 heterocycles. The fraction of sp³-hybridized carbons (Fsp3) is 0.257. The number of aromatic nitrogens is 3. The van der Waals surface area contributed by atoms with Gasteiger partial charge in [-0.1, -0.05) is 43.2 Å². The van der Waals surface area contributed by atoms with E-state index in [1.165, 1.54) is 36.8 Å². The zero-order valence-electron chi connectivity index (χ0n) is 22.7. The van der Waals surface area contributed by atoms with E-state index in [1.807, 2.05) is 61.5 Å². The molecular weight excluding hydrogens is 655 g/mol. The average molecular weight is 688 g/mol. The molecule has 7 rings (SSSR count). The van der Waals surface area contributed by atoms with Gasteiger partial charge in [0.15, 0.2) is 0 Å². The molecule has 3 aromatic carbocycles. The number of aryl methyl sites for hydroxylation is 1. The van der Waals surface area contributed by atoms with Gasteiger partial charge in [-0.25, -0.2) is 0 Å². The molecule has 3 nitrogen and oxygen atoms in total. The van der Waals surface area contributed by atoms with Gasteiger partial charge in [0.25, 0.3) is 0 Å². The fourth-order valence-corrected chi connectivity index (χ4v) is 6.10. The predicted octanol–water partition coefficient (Wildman–Crippen LogP) is 8.68. The first-order valence-electron chi connectivity index (χ1n) is 13.6. The quantitative estimate of drug-likeness (QED) is 0.178. The van der Waals surface area contributed by atoms with Crippen molar-refractivity contribution in [3.05, 3.63) is 114 Å². The minimum absolute atomic E-state index is 0. The molecule has 0 atom stereocenters. The van der Waals surface area contributed by atoms with Crippen molar-refractivity contribution in [2.24, 2.45) is 5.92 Å². The van der Waals surface area contributed by atoms with Crippen LogP contribution in [0.4, 0.5) is 0 Å². The molecule has 5 aromatic rings. The Balaban J connectivity index is 0.000000187. The molecule has 39 heavy (non-hydrogen) atoms. The Morgan fingerprint density at radius 1 is 0.795 bits per heavy atom. The molecule has 1 aliphatic heterocycles. The molecule has 0 N–H and O–H groups in total. The number of nitrogens with zero attached hydrogens (tertiary/aromatic N) is 3. The van der Waals surface area contributed by atoms with Crippen LogP contribution in [0, 0.1) is 25.0 Å². The number of hydrogen-bond acceptors (Lipinski definition) is 2. The Kier molecular flexibility index (Phi) is 7.98. The van der Waals surface area contributed by atoms with Crippen molar-refractivity contribution in [2.45, 2.75) is 52.0 Å². The van der Waals surface area contributed by atoms with Gasteiger partial charge in [0, 0.05) is 25.8 Å². The van der Waals surface area contributed by atoms with Gasteiger partial charge in [-0.15, -0.1) is 71.8 Å². The van der Waals surface area contributed by atoms with Crippen molar-refractivity contribution in [1.82, 2.24) is 14.5 Å². The second-order valence-electron chi connectivity index (χ2n) is 10.8. The van der Waals surface area contributed by atoms with Crippen molar-refractivity contribution in [1.29, 1.82) is 0 Å². The molecule has 0 unspecified atom stereocenters. The molecule has 0 saturated heterocycles. The molecule has 4 heteroatoms. The molecule has 2 aromatic heterocycles. The Bertz CT molecular complexity index is 1590. The maximum absolute atomic E-state index is 5.01. The number of pyridine rings is 1. The van der Waals surface area contributed by atoms with Crippen molar-refractivity contribution < 1.29 is 20.1 Å². The van der Waals surface area contributed by atoms with Gasteiger partial charge in [0.2, 0.25) is 0 Å². The second kappa shape index (κ2) is 11.4. The molecule has 0 bridgehead atoms. The van der Waals surface area contributed by atoms with E-state index in [0.717, 1.165) is 33.9 Å². The minimum atomic E-state index is -0.0584. The first kappa shape index (κ1) is 27.2. The summed E-state index contributed by atoms with van der Waals surface area (Å²) in [6.45, 7) is 6.72. The van der Waals surface area contributed by atoms with Crippen molar-refractivity contribution in [3.8, 4) is 22.6 Å². The molecule has 0 spiro atoms. The summed E-state index contributed by atoms with van der Waals surface area (Å²) in [6, 6.07) is 35.1. The average Bonchev–Trinajstić information content (AvgIpc) is 3.62. The fourth-order valence-electron chi connectivity index (χ4n) is 6.10. The molecule has 1 aliphatic carbocycles. The Morgan fingerprint density at radius 2 is 1.49 bits per heavy atom. The van der Waals surface area contributed by atoms with Gasteiger partial charge in [0.1, 0.15) is 0 Å². The summed E-state index contributed by atoms with van der Waals surface area (Å²) < 4.78 is 2.47. The van der Waals surface area contributed by atoms with Crippen LogP contribution >= 0.6 is 0 Å². The summed E-state index contributed by atoms with van der Waals surface area (Å²) in [5.41, 5.74) is 9.32. The Hall–Kier alpha value is -3.33. The summed E-state index contributed by atoms with van der Waals surface area (Å²) in [4.78, 5) is 9.42. The molecule has 0 amide bonds. The van der Waals surface area contributed by atoms with E-state index in [-0.39, 0.29) is 25.6 Å².